The van der Waals surface area contributed by atoms with Crippen LogP contribution in [0.1, 0.15) is 32.3 Å². The van der Waals surface area contributed by atoms with Crippen LogP contribution in [0.15, 0.2) is 46.4 Å². The molecule has 5 rings (SSSR count). The fourth-order valence-electron chi connectivity index (χ4n) is 3.87. The smallest absolute Gasteiger partial charge is 0.278 e. The fraction of sp³-hybridized carbons (Fsp3) is 0.481. The van der Waals surface area contributed by atoms with E-state index in [1.54, 1.807) is 35.3 Å². The van der Waals surface area contributed by atoms with Crippen LogP contribution in [0, 0.1) is 0 Å². The highest BCUT2D eigenvalue weighted by Gasteiger charge is 2.37. The van der Waals surface area contributed by atoms with Crippen LogP contribution in [0.25, 0.3) is 10.3 Å². The number of hydrazone groups is 1. The monoisotopic (exact) mass is 586 g/mol. The number of anilines is 1. The van der Waals surface area contributed by atoms with Gasteiger partial charge in [0.1, 0.15) is 17.0 Å². The van der Waals surface area contributed by atoms with Crippen molar-refractivity contribution < 1.29 is 22.7 Å². The summed E-state index contributed by atoms with van der Waals surface area (Å²) in [4.78, 5) is 25.6. The third-order valence-corrected chi connectivity index (χ3v) is 10.3. The number of benzene rings is 1. The number of fused-ring (bicyclic) bond motifs is 1. The minimum Gasteiger partial charge on any atom is -0.476 e. The third-order valence-electron chi connectivity index (χ3n) is 7.10. The first kappa shape index (κ1) is 28.4. The second-order valence-electron chi connectivity index (χ2n) is 10.7. The highest BCUT2D eigenvalue weighted by Crippen LogP contribution is 2.33. The van der Waals surface area contributed by atoms with E-state index in [0.29, 0.717) is 72.7 Å². The van der Waals surface area contributed by atoms with Crippen LogP contribution < -0.4 is 10.1 Å². The van der Waals surface area contributed by atoms with Crippen LogP contribution in [0.5, 0.6) is 5.88 Å². The van der Waals surface area contributed by atoms with E-state index in [0.717, 1.165) is 0 Å². The molecule has 1 saturated carbocycles. The van der Waals surface area contributed by atoms with Gasteiger partial charge in [-0.05, 0) is 59.0 Å². The predicted molar refractivity (Wildman–Crippen MR) is 155 cm³/mol. The molecule has 1 aliphatic carbocycles. The van der Waals surface area contributed by atoms with Gasteiger partial charge in [0, 0.05) is 17.2 Å². The van der Waals surface area contributed by atoms with Gasteiger partial charge >= 0.3 is 0 Å². The average Bonchev–Trinajstić information content (AvgIpc) is 3.72. The summed E-state index contributed by atoms with van der Waals surface area (Å²) in [6.45, 7) is 6.74. The standard InChI is InChI=1S/C27H34N6O5S2/c1-27(2,32(3)4)17-38-22-12-11-21-25(29-22)39-26(28-21)30-24(34)23(31-33-13-15-37-16-14-33)18-5-7-19(8-6-18)40(35,36)20-9-10-20/h5-8,11-12,20H,9-10,13-17H2,1-4H3,(H,28,30,34). The van der Waals surface area contributed by atoms with Crippen molar-refractivity contribution in [3.8, 4) is 5.88 Å². The van der Waals surface area contributed by atoms with Crippen LogP contribution in [-0.2, 0) is 19.4 Å². The maximum absolute atomic E-state index is 13.5. The summed E-state index contributed by atoms with van der Waals surface area (Å²) in [5, 5.41) is 9.33. The van der Waals surface area contributed by atoms with Gasteiger partial charge in [-0.15, -0.1) is 0 Å². The molecule has 3 heterocycles. The lowest BCUT2D eigenvalue weighted by Gasteiger charge is -2.31. The number of sulfone groups is 1. The van der Waals surface area contributed by atoms with Gasteiger partial charge in [0.05, 0.1) is 36.4 Å². The minimum atomic E-state index is -3.33. The molecule has 0 atom stereocenters. The van der Waals surface area contributed by atoms with Gasteiger partial charge in [-0.2, -0.15) is 5.10 Å². The summed E-state index contributed by atoms with van der Waals surface area (Å²) in [7, 11) is 0.664. The zero-order valence-electron chi connectivity index (χ0n) is 23.1. The first-order valence-corrected chi connectivity index (χ1v) is 15.5. The van der Waals surface area contributed by atoms with Crippen LogP contribution in [0.2, 0.25) is 0 Å². The number of ether oxygens (including phenoxy) is 2. The van der Waals surface area contributed by atoms with Crippen molar-refractivity contribution >= 4 is 48.3 Å². The molecule has 2 aromatic heterocycles. The maximum atomic E-state index is 13.5. The summed E-state index contributed by atoms with van der Waals surface area (Å²) in [6.07, 6.45) is 1.38. The molecule has 11 nitrogen and oxygen atoms in total. The number of likely N-dealkylation sites (N-methyl/N-ethyl adjacent to an activating group) is 1. The lowest BCUT2D eigenvalue weighted by Crippen LogP contribution is -2.43. The Kier molecular flexibility index (Phi) is 8.09. The lowest BCUT2D eigenvalue weighted by molar-refractivity contribution is -0.110. The van der Waals surface area contributed by atoms with Crippen LogP contribution in [0.4, 0.5) is 5.13 Å². The number of hydrogen-bond donors (Lipinski definition) is 1. The van der Waals surface area contributed by atoms with E-state index in [-0.39, 0.29) is 21.4 Å². The molecule has 1 aliphatic heterocycles. The molecule has 214 valence electrons. The molecule has 13 heteroatoms. The number of morpholine rings is 1. The second kappa shape index (κ2) is 11.4. The zero-order valence-corrected chi connectivity index (χ0v) is 24.7. The van der Waals surface area contributed by atoms with Gasteiger partial charge in [0.25, 0.3) is 5.91 Å². The highest BCUT2D eigenvalue weighted by molar-refractivity contribution is 7.92. The zero-order chi connectivity index (χ0) is 28.5. The molecule has 40 heavy (non-hydrogen) atoms. The van der Waals surface area contributed by atoms with Gasteiger partial charge in [-0.25, -0.2) is 18.4 Å². The normalized spacial score (nSPS) is 16.9. The van der Waals surface area contributed by atoms with Gasteiger partial charge in [0.15, 0.2) is 20.7 Å². The molecule has 1 saturated heterocycles. The number of nitrogens with one attached hydrogen (secondary N) is 1. The van der Waals surface area contributed by atoms with Crippen molar-refractivity contribution in [3.05, 3.63) is 42.0 Å². The van der Waals surface area contributed by atoms with E-state index in [2.05, 4.69) is 39.1 Å². The maximum Gasteiger partial charge on any atom is 0.278 e. The second-order valence-corrected chi connectivity index (χ2v) is 13.9. The van der Waals surface area contributed by atoms with Crippen LogP contribution in [-0.4, -0.2) is 97.7 Å². The molecule has 2 fully saturated rings. The Morgan fingerprint density at radius 3 is 2.50 bits per heavy atom. The molecule has 0 unspecified atom stereocenters. The van der Waals surface area contributed by atoms with Gasteiger partial charge < -0.3 is 14.4 Å². The number of carbonyl (C=O) groups is 1. The first-order valence-electron chi connectivity index (χ1n) is 13.2. The Balaban J connectivity index is 1.36. The van der Waals surface area contributed by atoms with Crippen molar-refractivity contribution in [1.29, 1.82) is 0 Å². The number of carbonyl (C=O) groups excluding carboxylic acids is 1. The number of thiazole rings is 1. The molecule has 1 aromatic carbocycles. The van der Waals surface area contributed by atoms with E-state index >= 15 is 0 Å². The Labute approximate surface area is 238 Å². The molecule has 1 N–H and O–H groups in total. The van der Waals surface area contributed by atoms with E-state index < -0.39 is 15.7 Å². The van der Waals surface area contributed by atoms with E-state index in [4.69, 9.17) is 9.47 Å². The predicted octanol–water partition coefficient (Wildman–Crippen LogP) is 3.02. The summed E-state index contributed by atoms with van der Waals surface area (Å²) in [5.41, 5.74) is 1.15. The summed E-state index contributed by atoms with van der Waals surface area (Å²) in [5.74, 6) is 0.0346. The Morgan fingerprint density at radius 2 is 1.85 bits per heavy atom. The SMILES string of the molecule is CN(C)C(C)(C)COc1ccc2nc(NC(=O)C(=NN3CCOCC3)c3ccc(S(=O)(=O)C4CC4)cc3)sc2n1. The molecule has 1 amide bonds. The Morgan fingerprint density at radius 1 is 1.15 bits per heavy atom. The van der Waals surface area contributed by atoms with Gasteiger partial charge in [-0.1, -0.05) is 23.5 Å². The Bertz CT molecular complexity index is 1510. The molecule has 0 bridgehead atoms. The van der Waals surface area contributed by atoms with E-state index in [9.17, 15) is 13.2 Å². The quantitative estimate of drug-likeness (QED) is 0.357. The number of amides is 1. The van der Waals surface area contributed by atoms with Gasteiger partial charge in [-0.3, -0.25) is 15.1 Å². The van der Waals surface area contributed by atoms with E-state index in [1.165, 1.54) is 11.3 Å². The first-order chi connectivity index (χ1) is 19.0. The van der Waals surface area contributed by atoms with Crippen molar-refractivity contribution in [2.75, 3.05) is 52.3 Å². The van der Waals surface area contributed by atoms with Crippen molar-refractivity contribution in [2.45, 2.75) is 42.4 Å². The minimum absolute atomic E-state index is 0.166. The van der Waals surface area contributed by atoms with Crippen molar-refractivity contribution in [3.63, 3.8) is 0 Å². The number of aromatic nitrogens is 2. The average molecular weight is 587 g/mol. The number of pyridine rings is 1. The largest absolute Gasteiger partial charge is 0.476 e. The van der Waals surface area contributed by atoms with Gasteiger partial charge in [0.2, 0.25) is 5.88 Å². The number of rotatable bonds is 10. The molecule has 3 aromatic rings. The lowest BCUT2D eigenvalue weighted by atomic mass is 10.1. The highest BCUT2D eigenvalue weighted by atomic mass is 32.2. The van der Waals surface area contributed by atoms with Crippen molar-refractivity contribution in [1.82, 2.24) is 19.9 Å². The summed E-state index contributed by atoms with van der Waals surface area (Å²) >= 11 is 1.24. The molecule has 2 aliphatic rings. The Hall–Kier alpha value is -3.13. The number of nitrogens with zero attached hydrogens (tertiary/aromatic N) is 5. The molecule has 0 radical (unpaired) electrons. The van der Waals surface area contributed by atoms with Crippen molar-refractivity contribution in [2.24, 2.45) is 5.10 Å². The fourth-order valence-corrected chi connectivity index (χ4v) is 6.35. The topological polar surface area (TPSA) is 126 Å². The molecule has 0 spiro atoms. The number of hydrogen-bond acceptors (Lipinski definition) is 11. The summed E-state index contributed by atoms with van der Waals surface area (Å²) < 4.78 is 36.6. The summed E-state index contributed by atoms with van der Waals surface area (Å²) in [6, 6.07) is 9.94. The molecular weight excluding hydrogens is 552 g/mol. The van der Waals surface area contributed by atoms with Crippen LogP contribution >= 0.6 is 11.3 Å². The van der Waals surface area contributed by atoms with E-state index in [1.807, 2.05) is 20.2 Å². The van der Waals surface area contributed by atoms with Crippen LogP contribution in [0.3, 0.4) is 0 Å². The molecular formula is C27H34N6O5S2. The third kappa shape index (κ3) is 6.43.